The largest absolute Gasteiger partial charge is 0.508 e. The molecule has 0 radical (unpaired) electrons. The fourth-order valence-corrected chi connectivity index (χ4v) is 5.08. The normalized spacial score (nSPS) is 30.4. The van der Waals surface area contributed by atoms with Gasteiger partial charge in [0.15, 0.2) is 6.29 Å². The molecule has 0 aliphatic carbocycles. The lowest BCUT2D eigenvalue weighted by atomic mass is 9.94. The van der Waals surface area contributed by atoms with E-state index in [1.807, 2.05) is 30.3 Å². The number of nitrogens with zero attached hydrogens (tertiary/aromatic N) is 2. The van der Waals surface area contributed by atoms with Crippen LogP contribution in [0.2, 0.25) is 0 Å². The van der Waals surface area contributed by atoms with E-state index in [1.165, 1.54) is 0 Å². The summed E-state index contributed by atoms with van der Waals surface area (Å²) < 4.78 is 17.6. The van der Waals surface area contributed by atoms with Crippen LogP contribution in [0, 0.1) is 0 Å². The van der Waals surface area contributed by atoms with Gasteiger partial charge in [0, 0.05) is 38.3 Å². The van der Waals surface area contributed by atoms with Gasteiger partial charge in [-0.05, 0) is 18.2 Å². The molecule has 2 bridgehead atoms. The van der Waals surface area contributed by atoms with Gasteiger partial charge >= 0.3 is 0 Å². The van der Waals surface area contributed by atoms with Crippen LogP contribution in [0.4, 0.5) is 5.69 Å². The van der Waals surface area contributed by atoms with Gasteiger partial charge in [0.25, 0.3) is 0 Å². The van der Waals surface area contributed by atoms with Crippen molar-refractivity contribution in [3.05, 3.63) is 54.1 Å². The molecule has 0 aromatic heterocycles. The highest BCUT2D eigenvalue weighted by Gasteiger charge is 2.52. The predicted molar refractivity (Wildman–Crippen MR) is 120 cm³/mol. The summed E-state index contributed by atoms with van der Waals surface area (Å²) in [6.07, 6.45) is -1.26. The number of aliphatic hydroxyl groups is 1. The van der Waals surface area contributed by atoms with Crippen molar-refractivity contribution in [2.24, 2.45) is 0 Å². The highest BCUT2D eigenvalue weighted by atomic mass is 16.7. The van der Waals surface area contributed by atoms with Gasteiger partial charge in [0.2, 0.25) is 0 Å². The van der Waals surface area contributed by atoms with Crippen LogP contribution in [0.25, 0.3) is 0 Å². The number of para-hydroxylation sites is 3. The average molecular weight is 442 g/mol. The molecule has 5 unspecified atom stereocenters. The molecule has 3 saturated heterocycles. The first kappa shape index (κ1) is 21.5. The molecule has 0 amide bonds. The Bertz CT molecular complexity index is 920. The SMILES string of the molecule is COc1ccccc1N1CCN(C2C3OCC(O3)C(NCc3ccccc3O)C2O)CC1. The van der Waals surface area contributed by atoms with Crippen molar-refractivity contribution in [3.8, 4) is 11.5 Å². The van der Waals surface area contributed by atoms with Crippen molar-refractivity contribution in [2.75, 3.05) is 44.8 Å². The minimum absolute atomic E-state index is 0.202. The number of hydrogen-bond donors (Lipinski definition) is 3. The molecule has 3 fully saturated rings. The molecule has 3 aliphatic rings. The number of phenolic OH excluding ortho intramolecular Hbond substituents is 1. The van der Waals surface area contributed by atoms with Crippen molar-refractivity contribution in [1.82, 2.24) is 10.2 Å². The molecule has 2 aromatic rings. The van der Waals surface area contributed by atoms with Crippen molar-refractivity contribution >= 4 is 5.69 Å². The third-order valence-electron chi connectivity index (χ3n) is 6.81. The molecular formula is C24H31N3O5. The van der Waals surface area contributed by atoms with Gasteiger partial charge in [-0.2, -0.15) is 0 Å². The van der Waals surface area contributed by atoms with Gasteiger partial charge in [-0.3, -0.25) is 4.90 Å². The van der Waals surface area contributed by atoms with E-state index in [2.05, 4.69) is 21.2 Å². The van der Waals surface area contributed by atoms with Crippen LogP contribution < -0.4 is 15.0 Å². The Labute approximate surface area is 188 Å². The summed E-state index contributed by atoms with van der Waals surface area (Å²) >= 11 is 0. The second-order valence-corrected chi connectivity index (χ2v) is 8.59. The minimum Gasteiger partial charge on any atom is -0.508 e. The number of phenols is 1. The first-order valence-electron chi connectivity index (χ1n) is 11.2. The summed E-state index contributed by atoms with van der Waals surface area (Å²) in [5.74, 6) is 1.12. The Morgan fingerprint density at radius 2 is 1.81 bits per heavy atom. The number of nitrogens with one attached hydrogen (secondary N) is 1. The maximum atomic E-state index is 11.3. The van der Waals surface area contributed by atoms with Crippen molar-refractivity contribution in [2.45, 2.75) is 37.1 Å². The summed E-state index contributed by atoms with van der Waals surface area (Å²) in [7, 11) is 1.70. The summed E-state index contributed by atoms with van der Waals surface area (Å²) in [6.45, 7) is 4.15. The minimum atomic E-state index is -0.634. The first-order valence-corrected chi connectivity index (χ1v) is 11.2. The Hall–Kier alpha value is -2.36. The van der Waals surface area contributed by atoms with E-state index in [0.29, 0.717) is 13.2 Å². The Kier molecular flexibility index (Phi) is 6.21. The molecule has 5 rings (SSSR count). The fraction of sp³-hybridized carbons (Fsp3) is 0.500. The summed E-state index contributed by atoms with van der Waals surface area (Å²) in [5, 5.41) is 24.8. The van der Waals surface area contributed by atoms with Crippen LogP contribution in [0.15, 0.2) is 48.5 Å². The monoisotopic (exact) mass is 441 g/mol. The number of methoxy groups -OCH3 is 1. The van der Waals surface area contributed by atoms with E-state index in [4.69, 9.17) is 14.2 Å². The second-order valence-electron chi connectivity index (χ2n) is 8.59. The van der Waals surface area contributed by atoms with E-state index >= 15 is 0 Å². The molecule has 8 nitrogen and oxygen atoms in total. The zero-order chi connectivity index (χ0) is 22.1. The van der Waals surface area contributed by atoms with E-state index in [0.717, 1.165) is 43.2 Å². The Morgan fingerprint density at radius 3 is 2.59 bits per heavy atom. The molecule has 8 heteroatoms. The third kappa shape index (κ3) is 4.04. The lowest BCUT2D eigenvalue weighted by Gasteiger charge is -2.47. The van der Waals surface area contributed by atoms with Crippen LogP contribution in [-0.4, -0.2) is 85.6 Å². The zero-order valence-electron chi connectivity index (χ0n) is 18.3. The zero-order valence-corrected chi connectivity index (χ0v) is 18.3. The van der Waals surface area contributed by atoms with Gasteiger partial charge in [-0.25, -0.2) is 0 Å². The van der Waals surface area contributed by atoms with Crippen LogP contribution in [0.5, 0.6) is 11.5 Å². The summed E-state index contributed by atoms with van der Waals surface area (Å²) in [4.78, 5) is 4.59. The highest BCUT2D eigenvalue weighted by Crippen LogP contribution is 2.34. The van der Waals surface area contributed by atoms with E-state index in [9.17, 15) is 10.2 Å². The van der Waals surface area contributed by atoms with Crippen LogP contribution in [0.1, 0.15) is 5.56 Å². The molecule has 3 aliphatic heterocycles. The van der Waals surface area contributed by atoms with Crippen LogP contribution in [0.3, 0.4) is 0 Å². The second kappa shape index (κ2) is 9.25. The standard InChI is InChI=1S/C24H31N3O5/c1-30-19-9-5-3-7-17(19)26-10-12-27(13-11-26)22-23(29)21(20-15-31-24(22)32-20)25-14-16-6-2-4-8-18(16)28/h2-9,20-25,28-29H,10-15H2,1H3. The molecule has 2 aromatic carbocycles. The molecule has 5 atom stereocenters. The number of rotatable bonds is 6. The highest BCUT2D eigenvalue weighted by molar-refractivity contribution is 5.58. The number of benzene rings is 2. The molecule has 3 N–H and O–H groups in total. The number of hydrogen-bond acceptors (Lipinski definition) is 8. The number of anilines is 1. The van der Waals surface area contributed by atoms with Gasteiger partial charge in [0.05, 0.1) is 37.6 Å². The molecule has 0 spiro atoms. The molecule has 3 heterocycles. The Balaban J connectivity index is 1.25. The lowest BCUT2D eigenvalue weighted by Crippen LogP contribution is -2.66. The molecule has 0 saturated carbocycles. The number of piperazine rings is 1. The number of aromatic hydroxyl groups is 1. The number of fused-ring (bicyclic) bond motifs is 2. The summed E-state index contributed by atoms with van der Waals surface area (Å²) in [6, 6.07) is 14.8. The molecule has 172 valence electrons. The number of ether oxygens (including phenoxy) is 3. The van der Waals surface area contributed by atoms with Gasteiger partial charge in [-0.15, -0.1) is 0 Å². The van der Waals surface area contributed by atoms with E-state index in [1.54, 1.807) is 19.2 Å². The van der Waals surface area contributed by atoms with Crippen molar-refractivity contribution in [1.29, 1.82) is 0 Å². The van der Waals surface area contributed by atoms with Crippen LogP contribution >= 0.6 is 0 Å². The lowest BCUT2D eigenvalue weighted by molar-refractivity contribution is -0.183. The topological polar surface area (TPSA) is 86.7 Å². The first-order chi connectivity index (χ1) is 15.7. The maximum absolute atomic E-state index is 11.3. The molecular weight excluding hydrogens is 410 g/mol. The van der Waals surface area contributed by atoms with Crippen LogP contribution in [-0.2, 0) is 16.0 Å². The Morgan fingerprint density at radius 1 is 1.06 bits per heavy atom. The summed E-state index contributed by atoms with van der Waals surface area (Å²) in [5.41, 5.74) is 1.89. The van der Waals surface area contributed by atoms with E-state index < -0.39 is 12.4 Å². The number of aliphatic hydroxyl groups excluding tert-OH is 1. The van der Waals surface area contributed by atoms with Gasteiger partial charge in [-0.1, -0.05) is 30.3 Å². The fourth-order valence-electron chi connectivity index (χ4n) is 5.08. The van der Waals surface area contributed by atoms with E-state index in [-0.39, 0.29) is 23.9 Å². The van der Waals surface area contributed by atoms with Crippen molar-refractivity contribution < 1.29 is 24.4 Å². The van der Waals surface area contributed by atoms with Crippen molar-refractivity contribution in [3.63, 3.8) is 0 Å². The third-order valence-corrected chi connectivity index (χ3v) is 6.81. The predicted octanol–water partition coefficient (Wildman–Crippen LogP) is 1.17. The quantitative estimate of drug-likeness (QED) is 0.616. The molecule has 32 heavy (non-hydrogen) atoms. The average Bonchev–Trinajstić information content (AvgIpc) is 3.25. The van der Waals surface area contributed by atoms with Gasteiger partial charge < -0.3 is 34.6 Å². The van der Waals surface area contributed by atoms with Gasteiger partial charge in [0.1, 0.15) is 17.6 Å². The smallest absolute Gasteiger partial charge is 0.176 e. The maximum Gasteiger partial charge on any atom is 0.176 e.